The van der Waals surface area contributed by atoms with Gasteiger partial charge in [-0.3, -0.25) is 0 Å². The molecule has 19 heavy (non-hydrogen) atoms. The molecule has 4 heteroatoms. The number of nitrogens with one attached hydrogen (secondary N) is 1. The van der Waals surface area contributed by atoms with Gasteiger partial charge in [-0.1, -0.05) is 24.6 Å². The number of ether oxygens (including phenoxy) is 1. The van der Waals surface area contributed by atoms with E-state index in [9.17, 15) is 5.11 Å². The Kier molecular flexibility index (Phi) is 6.11. The van der Waals surface area contributed by atoms with Crippen molar-refractivity contribution in [2.24, 2.45) is 0 Å². The van der Waals surface area contributed by atoms with Crippen LogP contribution >= 0.6 is 11.6 Å². The second-order valence-electron chi connectivity index (χ2n) is 5.74. The van der Waals surface area contributed by atoms with Gasteiger partial charge >= 0.3 is 0 Å². The summed E-state index contributed by atoms with van der Waals surface area (Å²) in [5, 5.41) is 13.4. The van der Waals surface area contributed by atoms with E-state index in [0.29, 0.717) is 17.2 Å². The highest BCUT2D eigenvalue weighted by Gasteiger charge is 2.10. The third-order valence-electron chi connectivity index (χ3n) is 2.72. The Bertz CT molecular complexity index is 402. The van der Waals surface area contributed by atoms with E-state index >= 15 is 0 Å². The van der Waals surface area contributed by atoms with Crippen LogP contribution in [0.15, 0.2) is 18.2 Å². The highest BCUT2D eigenvalue weighted by molar-refractivity contribution is 6.32. The van der Waals surface area contributed by atoms with Crippen molar-refractivity contribution in [2.45, 2.75) is 52.3 Å². The first-order valence-electron chi connectivity index (χ1n) is 6.66. The summed E-state index contributed by atoms with van der Waals surface area (Å²) in [6, 6.07) is 5.73. The van der Waals surface area contributed by atoms with Crippen LogP contribution in [-0.4, -0.2) is 23.4 Å². The lowest BCUT2D eigenvalue weighted by molar-refractivity contribution is 0.104. The quantitative estimate of drug-likeness (QED) is 0.842. The molecule has 0 bridgehead atoms. The lowest BCUT2D eigenvalue weighted by Gasteiger charge is -2.21. The molecule has 0 heterocycles. The van der Waals surface area contributed by atoms with Crippen molar-refractivity contribution in [3.8, 4) is 5.75 Å². The minimum Gasteiger partial charge on any atom is -0.489 e. The second-order valence-corrected chi connectivity index (χ2v) is 6.15. The summed E-state index contributed by atoms with van der Waals surface area (Å²) < 4.78 is 5.49. The summed E-state index contributed by atoms with van der Waals surface area (Å²) in [6.45, 7) is 9.32. The van der Waals surface area contributed by atoms with E-state index in [1.54, 1.807) is 0 Å². The summed E-state index contributed by atoms with van der Waals surface area (Å²) in [5.41, 5.74) is 1.19. The van der Waals surface area contributed by atoms with Crippen LogP contribution in [0.25, 0.3) is 0 Å². The van der Waals surface area contributed by atoms with Crippen molar-refractivity contribution in [1.82, 2.24) is 5.32 Å². The molecule has 1 unspecified atom stereocenters. The van der Waals surface area contributed by atoms with E-state index in [0.717, 1.165) is 12.1 Å². The van der Waals surface area contributed by atoms with Gasteiger partial charge in [-0.05, 0) is 44.9 Å². The second kappa shape index (κ2) is 7.13. The van der Waals surface area contributed by atoms with Crippen LogP contribution in [0.5, 0.6) is 5.75 Å². The average molecular weight is 286 g/mol. The summed E-state index contributed by atoms with van der Waals surface area (Å²) >= 11 is 6.17. The van der Waals surface area contributed by atoms with E-state index in [2.05, 4.69) is 26.1 Å². The van der Waals surface area contributed by atoms with Crippen LogP contribution in [0.2, 0.25) is 5.02 Å². The summed E-state index contributed by atoms with van der Waals surface area (Å²) in [4.78, 5) is 0. The van der Waals surface area contributed by atoms with Gasteiger partial charge in [0, 0.05) is 12.1 Å². The van der Waals surface area contributed by atoms with Crippen LogP contribution in [-0.2, 0) is 6.54 Å². The molecule has 1 aromatic rings. The van der Waals surface area contributed by atoms with Crippen LogP contribution in [0, 0.1) is 0 Å². The molecular formula is C15H24ClNO2. The van der Waals surface area contributed by atoms with E-state index in [1.807, 2.05) is 25.1 Å². The SMILES string of the molecule is CCC(O)COc1ccc(CNC(C)(C)C)cc1Cl. The van der Waals surface area contributed by atoms with Crippen molar-refractivity contribution < 1.29 is 9.84 Å². The number of rotatable bonds is 6. The molecule has 0 aromatic heterocycles. The number of halogens is 1. The standard InChI is InChI=1S/C15H24ClNO2/c1-5-12(18)10-19-14-7-6-11(8-13(14)16)9-17-15(2,3)4/h6-8,12,17-18H,5,9-10H2,1-4H3. The Morgan fingerprint density at radius 2 is 2.05 bits per heavy atom. The summed E-state index contributed by atoms with van der Waals surface area (Å²) in [7, 11) is 0. The van der Waals surface area contributed by atoms with Gasteiger partial charge in [-0.25, -0.2) is 0 Å². The number of aliphatic hydroxyl groups is 1. The molecule has 2 N–H and O–H groups in total. The Morgan fingerprint density at radius 1 is 1.37 bits per heavy atom. The zero-order valence-corrected chi connectivity index (χ0v) is 12.9. The first-order chi connectivity index (χ1) is 8.81. The normalized spacial score (nSPS) is 13.4. The zero-order chi connectivity index (χ0) is 14.5. The van der Waals surface area contributed by atoms with Crippen LogP contribution < -0.4 is 10.1 Å². The minimum atomic E-state index is -0.446. The highest BCUT2D eigenvalue weighted by atomic mass is 35.5. The predicted molar refractivity (Wildman–Crippen MR) is 79.8 cm³/mol. The number of hydrogen-bond donors (Lipinski definition) is 2. The molecule has 108 valence electrons. The Hall–Kier alpha value is -0.770. The summed E-state index contributed by atoms with van der Waals surface area (Å²) in [5.74, 6) is 0.619. The lowest BCUT2D eigenvalue weighted by atomic mass is 10.1. The van der Waals surface area contributed by atoms with Crippen molar-refractivity contribution in [2.75, 3.05) is 6.61 Å². The number of aliphatic hydroxyl groups excluding tert-OH is 1. The van der Waals surface area contributed by atoms with Crippen LogP contribution in [0.4, 0.5) is 0 Å². The van der Waals surface area contributed by atoms with Gasteiger partial charge in [0.2, 0.25) is 0 Å². The van der Waals surface area contributed by atoms with Crippen molar-refractivity contribution in [3.63, 3.8) is 0 Å². The number of hydrogen-bond acceptors (Lipinski definition) is 3. The highest BCUT2D eigenvalue weighted by Crippen LogP contribution is 2.25. The molecule has 0 aliphatic heterocycles. The van der Waals surface area contributed by atoms with Gasteiger partial charge < -0.3 is 15.2 Å². The Labute approximate surface area is 120 Å². The van der Waals surface area contributed by atoms with Crippen molar-refractivity contribution in [3.05, 3.63) is 28.8 Å². The molecule has 0 aliphatic rings. The number of benzene rings is 1. The van der Waals surface area contributed by atoms with Gasteiger partial charge in [0.05, 0.1) is 11.1 Å². The van der Waals surface area contributed by atoms with E-state index in [1.165, 1.54) is 0 Å². The van der Waals surface area contributed by atoms with Gasteiger partial charge in [-0.2, -0.15) is 0 Å². The first kappa shape index (κ1) is 16.3. The molecule has 0 saturated heterocycles. The van der Waals surface area contributed by atoms with E-state index in [-0.39, 0.29) is 12.1 Å². The molecule has 1 rings (SSSR count). The van der Waals surface area contributed by atoms with Crippen molar-refractivity contribution in [1.29, 1.82) is 0 Å². The fourth-order valence-electron chi connectivity index (χ4n) is 1.44. The predicted octanol–water partition coefficient (Wildman–Crippen LogP) is 3.38. The third-order valence-corrected chi connectivity index (χ3v) is 3.02. The fourth-order valence-corrected chi connectivity index (χ4v) is 1.70. The molecule has 0 spiro atoms. The average Bonchev–Trinajstić information content (AvgIpc) is 2.34. The maximum atomic E-state index is 9.46. The van der Waals surface area contributed by atoms with E-state index < -0.39 is 6.10 Å². The van der Waals surface area contributed by atoms with Crippen molar-refractivity contribution >= 4 is 11.6 Å². The minimum absolute atomic E-state index is 0.0763. The maximum absolute atomic E-state index is 9.46. The molecule has 0 saturated carbocycles. The van der Waals surface area contributed by atoms with Gasteiger partial charge in [-0.15, -0.1) is 0 Å². The molecular weight excluding hydrogens is 262 g/mol. The lowest BCUT2D eigenvalue weighted by Crippen LogP contribution is -2.35. The Balaban J connectivity index is 2.59. The van der Waals surface area contributed by atoms with Crippen LogP contribution in [0.3, 0.4) is 0 Å². The van der Waals surface area contributed by atoms with E-state index in [4.69, 9.17) is 16.3 Å². The smallest absolute Gasteiger partial charge is 0.138 e. The Morgan fingerprint density at radius 3 is 2.58 bits per heavy atom. The summed E-state index contributed by atoms with van der Waals surface area (Å²) in [6.07, 6.45) is 0.226. The molecule has 0 radical (unpaired) electrons. The monoisotopic (exact) mass is 285 g/mol. The molecule has 0 aliphatic carbocycles. The first-order valence-corrected chi connectivity index (χ1v) is 7.04. The molecule has 0 amide bonds. The molecule has 3 nitrogen and oxygen atoms in total. The maximum Gasteiger partial charge on any atom is 0.138 e. The third kappa shape index (κ3) is 6.28. The molecule has 1 atom stereocenters. The zero-order valence-electron chi connectivity index (χ0n) is 12.2. The topological polar surface area (TPSA) is 41.5 Å². The molecule has 1 aromatic carbocycles. The van der Waals surface area contributed by atoms with Gasteiger partial charge in [0.1, 0.15) is 12.4 Å². The van der Waals surface area contributed by atoms with Gasteiger partial charge in [0.15, 0.2) is 0 Å². The fraction of sp³-hybridized carbons (Fsp3) is 0.600. The molecule has 0 fully saturated rings. The van der Waals surface area contributed by atoms with Gasteiger partial charge in [0.25, 0.3) is 0 Å². The van der Waals surface area contributed by atoms with Crippen LogP contribution in [0.1, 0.15) is 39.7 Å². The largest absolute Gasteiger partial charge is 0.489 e.